The maximum absolute atomic E-state index is 12.6. The van der Waals surface area contributed by atoms with Crippen molar-refractivity contribution >= 4 is 10.0 Å². The van der Waals surface area contributed by atoms with Crippen molar-refractivity contribution in [1.82, 2.24) is 9.62 Å². The Hall–Kier alpha value is -1.12. The quantitative estimate of drug-likeness (QED) is 0.926. The van der Waals surface area contributed by atoms with E-state index in [0.717, 1.165) is 18.2 Å². The molecule has 0 aromatic heterocycles. The fourth-order valence-corrected chi connectivity index (χ4v) is 4.14. The van der Waals surface area contributed by atoms with Crippen molar-refractivity contribution < 1.29 is 21.6 Å². The third-order valence-electron chi connectivity index (χ3n) is 3.68. The molecule has 0 amide bonds. The average Bonchev–Trinajstić information content (AvgIpc) is 2.86. The minimum atomic E-state index is -4.47. The van der Waals surface area contributed by atoms with Gasteiger partial charge in [0, 0.05) is 19.1 Å². The molecule has 1 aromatic rings. The number of sulfonamides is 1. The Balaban J connectivity index is 2.33. The Kier molecular flexibility index (Phi) is 4.32. The number of benzene rings is 1. The molecule has 1 unspecified atom stereocenters. The van der Waals surface area contributed by atoms with Crippen molar-refractivity contribution in [2.75, 3.05) is 20.1 Å². The Bertz CT molecular complexity index is 629. The van der Waals surface area contributed by atoms with Crippen LogP contribution >= 0.6 is 0 Å². The molecule has 2 rings (SSSR count). The van der Waals surface area contributed by atoms with Gasteiger partial charge in [-0.3, -0.25) is 0 Å². The summed E-state index contributed by atoms with van der Waals surface area (Å²) in [6.07, 6.45) is -3.78. The SMILES string of the molecule is CNC1CCN(S(=O)(=O)c2ccc(C(F)(F)F)cc2C)C1. The molecule has 0 bridgehead atoms. The van der Waals surface area contributed by atoms with Crippen LogP contribution in [0.1, 0.15) is 17.5 Å². The zero-order chi connectivity index (χ0) is 15.8. The molecule has 1 atom stereocenters. The molecule has 1 aliphatic rings. The number of halogens is 3. The summed E-state index contributed by atoms with van der Waals surface area (Å²) in [7, 11) is -1.99. The van der Waals surface area contributed by atoms with E-state index in [2.05, 4.69) is 5.32 Å². The normalized spacial score (nSPS) is 20.9. The van der Waals surface area contributed by atoms with E-state index in [9.17, 15) is 21.6 Å². The molecule has 1 N–H and O–H groups in total. The minimum absolute atomic E-state index is 0.0627. The largest absolute Gasteiger partial charge is 0.416 e. The summed E-state index contributed by atoms with van der Waals surface area (Å²) in [4.78, 5) is -0.0627. The lowest BCUT2D eigenvalue weighted by Gasteiger charge is -2.19. The number of nitrogens with zero attached hydrogens (tertiary/aromatic N) is 1. The summed E-state index contributed by atoms with van der Waals surface area (Å²) in [5, 5.41) is 3.01. The van der Waals surface area contributed by atoms with Gasteiger partial charge in [-0.05, 0) is 44.2 Å². The van der Waals surface area contributed by atoms with Crippen molar-refractivity contribution in [2.45, 2.75) is 30.5 Å². The average molecular weight is 322 g/mol. The van der Waals surface area contributed by atoms with Gasteiger partial charge in [-0.1, -0.05) is 0 Å². The van der Waals surface area contributed by atoms with Crippen LogP contribution in [0.15, 0.2) is 23.1 Å². The first-order valence-electron chi connectivity index (χ1n) is 6.51. The molecule has 1 aliphatic heterocycles. The lowest BCUT2D eigenvalue weighted by atomic mass is 10.1. The third kappa shape index (κ3) is 3.22. The van der Waals surface area contributed by atoms with Crippen molar-refractivity contribution in [1.29, 1.82) is 0 Å². The number of hydrogen-bond acceptors (Lipinski definition) is 3. The minimum Gasteiger partial charge on any atom is -0.316 e. The summed E-state index contributed by atoms with van der Waals surface area (Å²) in [6, 6.07) is 2.80. The van der Waals surface area contributed by atoms with Gasteiger partial charge in [0.2, 0.25) is 10.0 Å². The molecule has 21 heavy (non-hydrogen) atoms. The maximum Gasteiger partial charge on any atom is 0.416 e. The van der Waals surface area contributed by atoms with Gasteiger partial charge in [-0.15, -0.1) is 0 Å². The molecule has 118 valence electrons. The molecule has 0 aliphatic carbocycles. The highest BCUT2D eigenvalue weighted by atomic mass is 32.2. The van der Waals surface area contributed by atoms with Gasteiger partial charge in [0.1, 0.15) is 0 Å². The van der Waals surface area contributed by atoms with E-state index >= 15 is 0 Å². The summed E-state index contributed by atoms with van der Waals surface area (Å²) in [5.74, 6) is 0. The number of aryl methyl sites for hydroxylation is 1. The van der Waals surface area contributed by atoms with Crippen LogP contribution in [-0.2, 0) is 16.2 Å². The predicted octanol–water partition coefficient (Wildman–Crippen LogP) is 2.00. The van der Waals surface area contributed by atoms with E-state index in [-0.39, 0.29) is 16.5 Å². The zero-order valence-electron chi connectivity index (χ0n) is 11.7. The maximum atomic E-state index is 12.6. The summed E-state index contributed by atoms with van der Waals surface area (Å²) < 4.78 is 64.2. The van der Waals surface area contributed by atoms with E-state index in [1.54, 1.807) is 7.05 Å². The van der Waals surface area contributed by atoms with Crippen molar-refractivity contribution in [3.05, 3.63) is 29.3 Å². The monoisotopic (exact) mass is 322 g/mol. The topological polar surface area (TPSA) is 49.4 Å². The Morgan fingerprint density at radius 3 is 2.48 bits per heavy atom. The summed E-state index contributed by atoms with van der Waals surface area (Å²) in [5.41, 5.74) is -0.730. The molecule has 8 heteroatoms. The van der Waals surface area contributed by atoms with Crippen molar-refractivity contribution in [3.8, 4) is 0 Å². The van der Waals surface area contributed by atoms with Gasteiger partial charge in [0.25, 0.3) is 0 Å². The number of nitrogens with one attached hydrogen (secondary N) is 1. The number of rotatable bonds is 3. The fraction of sp³-hybridized carbons (Fsp3) is 0.538. The van der Waals surface area contributed by atoms with Crippen molar-refractivity contribution in [2.24, 2.45) is 0 Å². The van der Waals surface area contributed by atoms with Gasteiger partial charge in [0.15, 0.2) is 0 Å². The van der Waals surface area contributed by atoms with Crippen LogP contribution in [0.25, 0.3) is 0 Å². The molecule has 4 nitrogen and oxygen atoms in total. The van der Waals surface area contributed by atoms with Crippen LogP contribution in [0.3, 0.4) is 0 Å². The van der Waals surface area contributed by atoms with Crippen LogP contribution in [0.4, 0.5) is 13.2 Å². The second-order valence-electron chi connectivity index (χ2n) is 5.12. The Morgan fingerprint density at radius 2 is 2.00 bits per heavy atom. The van der Waals surface area contributed by atoms with E-state index in [1.165, 1.54) is 11.2 Å². The highest BCUT2D eigenvalue weighted by molar-refractivity contribution is 7.89. The number of likely N-dealkylation sites (N-methyl/N-ethyl adjacent to an activating group) is 1. The van der Waals surface area contributed by atoms with Gasteiger partial charge in [0.05, 0.1) is 10.5 Å². The van der Waals surface area contributed by atoms with Crippen molar-refractivity contribution in [3.63, 3.8) is 0 Å². The first-order chi connectivity index (χ1) is 9.66. The highest BCUT2D eigenvalue weighted by Crippen LogP contribution is 2.32. The molecular weight excluding hydrogens is 305 g/mol. The summed E-state index contributed by atoms with van der Waals surface area (Å²) >= 11 is 0. The molecule has 0 saturated carbocycles. The lowest BCUT2D eigenvalue weighted by molar-refractivity contribution is -0.137. The molecule has 0 radical (unpaired) electrons. The van der Waals surface area contributed by atoms with Crippen LogP contribution in [-0.4, -0.2) is 38.9 Å². The van der Waals surface area contributed by atoms with E-state index < -0.39 is 21.8 Å². The van der Waals surface area contributed by atoms with E-state index in [0.29, 0.717) is 19.5 Å². The molecule has 1 heterocycles. The number of hydrogen-bond donors (Lipinski definition) is 1. The first kappa shape index (κ1) is 16.3. The molecule has 1 fully saturated rings. The molecule has 1 aromatic carbocycles. The van der Waals surface area contributed by atoms with Gasteiger partial charge in [-0.25, -0.2) is 8.42 Å². The van der Waals surface area contributed by atoms with E-state index in [1.807, 2.05) is 0 Å². The molecule has 0 spiro atoms. The predicted molar refractivity (Wildman–Crippen MR) is 72.4 cm³/mol. The first-order valence-corrected chi connectivity index (χ1v) is 7.95. The smallest absolute Gasteiger partial charge is 0.316 e. The van der Waals surface area contributed by atoms with Crippen LogP contribution in [0, 0.1) is 6.92 Å². The zero-order valence-corrected chi connectivity index (χ0v) is 12.6. The van der Waals surface area contributed by atoms with E-state index in [4.69, 9.17) is 0 Å². The second-order valence-corrected chi connectivity index (χ2v) is 7.02. The van der Waals surface area contributed by atoms with Gasteiger partial charge < -0.3 is 5.32 Å². The van der Waals surface area contributed by atoms with Crippen LogP contribution < -0.4 is 5.32 Å². The fourth-order valence-electron chi connectivity index (χ4n) is 2.44. The Morgan fingerprint density at radius 1 is 1.33 bits per heavy atom. The standard InChI is InChI=1S/C13H17F3N2O2S/c1-9-7-10(13(14,15)16)3-4-12(9)21(19,20)18-6-5-11(8-18)17-2/h3-4,7,11,17H,5-6,8H2,1-2H3. The third-order valence-corrected chi connectivity index (χ3v) is 5.70. The van der Waals surface area contributed by atoms with Gasteiger partial charge >= 0.3 is 6.18 Å². The molecule has 1 saturated heterocycles. The van der Waals surface area contributed by atoms with Gasteiger partial charge in [-0.2, -0.15) is 17.5 Å². The highest BCUT2D eigenvalue weighted by Gasteiger charge is 2.35. The van der Waals surface area contributed by atoms with Crippen LogP contribution in [0.5, 0.6) is 0 Å². The van der Waals surface area contributed by atoms with Crippen LogP contribution in [0.2, 0.25) is 0 Å². The summed E-state index contributed by atoms with van der Waals surface area (Å²) in [6.45, 7) is 2.08. The Labute approximate surface area is 122 Å². The lowest BCUT2D eigenvalue weighted by Crippen LogP contribution is -2.33. The second kappa shape index (κ2) is 5.58. The number of alkyl halides is 3. The molecular formula is C13H17F3N2O2S.